The maximum Gasteiger partial charge on any atom is 2.00 e. The van der Waals surface area contributed by atoms with Gasteiger partial charge in [0.05, 0.1) is 24.2 Å². The van der Waals surface area contributed by atoms with E-state index < -0.39 is 57.8 Å². The van der Waals surface area contributed by atoms with Crippen molar-refractivity contribution in [3.63, 3.8) is 0 Å². The molecule has 0 saturated carbocycles. The van der Waals surface area contributed by atoms with Gasteiger partial charge in [0, 0.05) is 36.5 Å². The van der Waals surface area contributed by atoms with Gasteiger partial charge in [0.2, 0.25) is 5.91 Å². The molecule has 6 N–H and O–H groups in total. The third kappa shape index (κ3) is 13.3. The maximum absolute atomic E-state index is 11.3. The number of nitro groups is 1. The molecule has 0 aromatic heterocycles. The number of aliphatic hydroxyl groups is 4. The number of hydrogen-bond acceptors (Lipinski definition) is 10. The number of carboxylic acid groups (broad SMARTS) is 1. The number of carbonyl (C=O) groups excluding carboxylic acids is 3. The zero-order valence-corrected chi connectivity index (χ0v) is 23.3. The number of nitrogens with zero attached hydrogens (tertiary/aromatic N) is 1. The molecule has 198 valence electrons. The third-order valence-corrected chi connectivity index (χ3v) is 4.97. The normalized spacial score (nSPS) is 13.2. The summed E-state index contributed by atoms with van der Waals surface area (Å²) in [6.45, 7) is 2.05. The van der Waals surface area contributed by atoms with Crippen molar-refractivity contribution in [3.8, 4) is 0 Å². The molecular weight excluding hydrogens is 553 g/mol. The number of aliphatic hydroxyl groups excluding tert-OH is 4. The first kappa shape index (κ1) is 36.9. The average molecular weight is 581 g/mol. The molecule has 0 radical (unpaired) electrons. The van der Waals surface area contributed by atoms with Crippen LogP contribution in [0, 0.1) is 15.5 Å². The van der Waals surface area contributed by atoms with Crippen LogP contribution in [0.25, 0.3) is 0 Å². The van der Waals surface area contributed by atoms with Crippen LogP contribution in [0.4, 0.5) is 5.69 Å². The topological polar surface area (TPSA) is 222 Å². The molecule has 13 nitrogen and oxygen atoms in total. The second-order valence-electron chi connectivity index (χ2n) is 7.85. The molecule has 0 heterocycles. The number of hydrogen-bond donors (Lipinski definition) is 6. The van der Waals surface area contributed by atoms with Crippen LogP contribution < -0.4 is 15.7 Å². The van der Waals surface area contributed by atoms with E-state index in [9.17, 15) is 39.8 Å². The van der Waals surface area contributed by atoms with Gasteiger partial charge in [-0.3, -0.25) is 19.7 Å². The number of benzene rings is 1. The number of non-ortho nitro benzene ring substituents is 1. The number of nitrogens with one attached hydrogen (secondary N) is 2. The Kier molecular flexibility index (Phi) is 18.5. The molecule has 2 amide bonds. The molecule has 3 unspecified atom stereocenters. The molecule has 0 spiro atoms. The summed E-state index contributed by atoms with van der Waals surface area (Å²) in [7, 11) is 0. The molecule has 1 rings (SSSR count). The summed E-state index contributed by atoms with van der Waals surface area (Å²) in [6, 6.07) is 4.05. The van der Waals surface area contributed by atoms with Gasteiger partial charge in [-0.1, -0.05) is 37.0 Å². The molecule has 0 fully saturated rings. The molecule has 0 aliphatic carbocycles. The smallest absolute Gasteiger partial charge is 0.550 e. The van der Waals surface area contributed by atoms with Crippen molar-refractivity contribution in [1.29, 1.82) is 0 Å². The van der Waals surface area contributed by atoms with Crippen molar-refractivity contribution in [2.75, 3.05) is 19.8 Å². The Balaban J connectivity index is 0. The summed E-state index contributed by atoms with van der Waals surface area (Å²) in [6.07, 6.45) is -2.93. The van der Waals surface area contributed by atoms with Gasteiger partial charge in [-0.15, -0.1) is 0 Å². The first-order valence-electron chi connectivity index (χ1n) is 10.1. The minimum Gasteiger partial charge on any atom is -0.550 e. The second-order valence-corrected chi connectivity index (χ2v) is 8.95. The number of carboxylic acids is 1. The van der Waals surface area contributed by atoms with E-state index in [0.717, 1.165) is 0 Å². The maximum atomic E-state index is 11.3. The average Bonchev–Trinajstić information content (AvgIpc) is 2.81. The van der Waals surface area contributed by atoms with Crippen molar-refractivity contribution < 1.29 is 44.8 Å². The molecule has 0 saturated heterocycles. The fraction of sp³-hybridized carbons (Fsp3) is 0.550. The third-order valence-electron chi connectivity index (χ3n) is 4.57. The molecule has 36 heavy (non-hydrogen) atoms. The summed E-state index contributed by atoms with van der Waals surface area (Å²) >= 11 is 10.7. The van der Waals surface area contributed by atoms with Crippen LogP contribution in [0.1, 0.15) is 31.9 Å². The molecule has 3 atom stereocenters. The fourth-order valence-corrected chi connectivity index (χ4v) is 2.45. The summed E-state index contributed by atoms with van der Waals surface area (Å²) < 4.78 is 0. The van der Waals surface area contributed by atoms with Crippen LogP contribution in [-0.2, 0) is 14.4 Å². The summed E-state index contributed by atoms with van der Waals surface area (Å²) in [5.74, 6) is -2.73. The van der Waals surface area contributed by atoms with Gasteiger partial charge in [0.1, 0.15) is 12.2 Å². The van der Waals surface area contributed by atoms with E-state index in [4.69, 9.17) is 33.4 Å². The zero-order chi connectivity index (χ0) is 27.3. The van der Waals surface area contributed by atoms with Crippen LogP contribution in [0.3, 0.4) is 0 Å². The summed E-state index contributed by atoms with van der Waals surface area (Å²) in [5, 5.41) is 62.6. The van der Waals surface area contributed by atoms with E-state index in [0.29, 0.717) is 5.56 Å². The van der Waals surface area contributed by atoms with Gasteiger partial charge in [-0.05, 0) is 17.7 Å². The number of amides is 2. The van der Waals surface area contributed by atoms with Crippen LogP contribution >= 0.6 is 23.2 Å². The molecule has 1 aromatic rings. The van der Waals surface area contributed by atoms with Gasteiger partial charge < -0.3 is 41.0 Å². The Bertz CT molecular complexity index is 859. The molecule has 0 aliphatic rings. The van der Waals surface area contributed by atoms with Crippen LogP contribution in [0.15, 0.2) is 24.3 Å². The van der Waals surface area contributed by atoms with Crippen LogP contribution in [-0.4, -0.2) is 118 Å². The van der Waals surface area contributed by atoms with Crippen LogP contribution in [0.5, 0.6) is 0 Å². The molecule has 0 bridgehead atoms. The van der Waals surface area contributed by atoms with E-state index in [-0.39, 0.29) is 63.0 Å². The number of aliphatic carboxylic acids is 1. The Morgan fingerprint density at radius 2 is 1.61 bits per heavy atom. The first-order valence-corrected chi connectivity index (χ1v) is 10.9. The summed E-state index contributed by atoms with van der Waals surface area (Å²) in [5.41, 5.74) is -0.784. The number of halogens is 2. The number of nitro benzene ring substituents is 1. The minimum atomic E-state index is -1.37. The van der Waals surface area contributed by atoms with Gasteiger partial charge in [0.15, 0.2) is 4.84 Å². The fourth-order valence-electron chi connectivity index (χ4n) is 2.32. The SMILES string of the molecule is CC(C)(CO)C(O)C(=O)NCCC(=O)[O-].O=C(NC(CO)C(O)c1ccc([N+](=O)[O-])cc1)C(Cl)Cl.[Ca+2]. The zero-order valence-electron chi connectivity index (χ0n) is 19.6. The number of rotatable bonds is 12. The Hall–Kier alpha value is -1.29. The second kappa shape index (κ2) is 18.0. The van der Waals surface area contributed by atoms with E-state index in [1.165, 1.54) is 38.1 Å². The minimum absolute atomic E-state index is 0. The predicted molar refractivity (Wildman–Crippen MR) is 128 cm³/mol. The monoisotopic (exact) mass is 580 g/mol. The largest absolute Gasteiger partial charge is 2.00 e. The summed E-state index contributed by atoms with van der Waals surface area (Å²) in [4.78, 5) is 41.2. The van der Waals surface area contributed by atoms with Crippen molar-refractivity contribution in [2.45, 2.75) is 43.4 Å². The predicted octanol–water partition coefficient (Wildman–Crippen LogP) is -1.85. The van der Waals surface area contributed by atoms with E-state index in [1.54, 1.807) is 0 Å². The Morgan fingerprint density at radius 3 is 2.00 bits per heavy atom. The van der Waals surface area contributed by atoms with Gasteiger partial charge in [-0.25, -0.2) is 0 Å². The number of carbonyl (C=O) groups is 3. The standard InChI is InChI=1S/C11H12Cl2N2O5.C9H17NO5.Ca/c12-10(13)11(18)14-8(5-16)9(17)6-1-3-7(4-2-6)15(19)20;1-9(2,5-11)7(14)8(15)10-4-3-6(12)13;/h1-4,8-10,16-17H,5H2,(H,14,18);7,11,14H,3-5H2,1-2H3,(H,10,15)(H,12,13);/q;;+2/p-1. The van der Waals surface area contributed by atoms with Gasteiger partial charge in [-0.2, -0.15) is 0 Å². The molecule has 0 aliphatic heterocycles. The quantitative estimate of drug-likeness (QED) is 0.0700. The van der Waals surface area contributed by atoms with Crippen molar-refractivity contribution in [2.24, 2.45) is 5.41 Å². The van der Waals surface area contributed by atoms with Crippen molar-refractivity contribution in [3.05, 3.63) is 39.9 Å². The van der Waals surface area contributed by atoms with E-state index >= 15 is 0 Å². The van der Waals surface area contributed by atoms with Gasteiger partial charge >= 0.3 is 37.7 Å². The van der Waals surface area contributed by atoms with Crippen LogP contribution in [0.2, 0.25) is 0 Å². The van der Waals surface area contributed by atoms with E-state index in [2.05, 4.69) is 10.6 Å². The Morgan fingerprint density at radius 1 is 1.08 bits per heavy atom. The van der Waals surface area contributed by atoms with Crippen molar-refractivity contribution in [1.82, 2.24) is 10.6 Å². The van der Waals surface area contributed by atoms with Crippen molar-refractivity contribution >= 4 is 84.4 Å². The Labute approximate surface area is 246 Å². The molecule has 16 heteroatoms. The molecular formula is C20H28CaCl2N3O10+. The molecule has 1 aromatic carbocycles. The number of alkyl halides is 2. The van der Waals surface area contributed by atoms with E-state index in [1.807, 2.05) is 0 Å². The first-order chi connectivity index (χ1) is 16.2. The van der Waals surface area contributed by atoms with Gasteiger partial charge in [0.25, 0.3) is 11.6 Å².